The predicted molar refractivity (Wildman–Crippen MR) is 115 cm³/mol. The minimum absolute atomic E-state index is 0.220. The normalized spacial score (nSPS) is 16.4. The molecule has 0 saturated heterocycles. The molecule has 27 heavy (non-hydrogen) atoms. The smallest absolute Gasteiger partial charge is 0.255 e. The van der Waals surface area contributed by atoms with Crippen LogP contribution in [0.25, 0.3) is 0 Å². The topological polar surface area (TPSA) is 62.4 Å². The molecule has 3 N–H and O–H groups in total. The van der Waals surface area contributed by atoms with Crippen molar-refractivity contribution >= 4 is 44.9 Å². The molecule has 1 unspecified atom stereocenters. The maximum absolute atomic E-state index is 13.2. The lowest BCUT2D eigenvalue weighted by Crippen LogP contribution is -2.45. The molecular formula is C20H20BrN3O2S. The van der Waals surface area contributed by atoms with Crippen molar-refractivity contribution < 1.29 is 9.53 Å². The number of carbonyl (C=O) groups is 1. The van der Waals surface area contributed by atoms with E-state index in [1.54, 1.807) is 0 Å². The second kappa shape index (κ2) is 8.54. The van der Waals surface area contributed by atoms with Crippen LogP contribution in [-0.2, 0) is 4.79 Å². The van der Waals surface area contributed by atoms with Gasteiger partial charge in [-0.15, -0.1) is 0 Å². The van der Waals surface area contributed by atoms with Crippen molar-refractivity contribution in [3.8, 4) is 5.75 Å². The molecular weight excluding hydrogens is 426 g/mol. The fourth-order valence-electron chi connectivity index (χ4n) is 2.98. The van der Waals surface area contributed by atoms with Crippen LogP contribution in [0, 0.1) is 0 Å². The van der Waals surface area contributed by atoms with Crippen LogP contribution in [0.5, 0.6) is 5.75 Å². The molecule has 1 aliphatic heterocycles. The third-order valence-electron chi connectivity index (χ3n) is 4.17. The number of benzene rings is 2. The van der Waals surface area contributed by atoms with Gasteiger partial charge in [-0.25, -0.2) is 0 Å². The van der Waals surface area contributed by atoms with Crippen LogP contribution in [0.15, 0.2) is 64.3 Å². The van der Waals surface area contributed by atoms with Gasteiger partial charge in [0.15, 0.2) is 5.11 Å². The van der Waals surface area contributed by atoms with Crippen molar-refractivity contribution in [3.63, 3.8) is 0 Å². The third-order valence-corrected chi connectivity index (χ3v) is 5.11. The molecule has 0 aliphatic carbocycles. The van der Waals surface area contributed by atoms with E-state index < -0.39 is 0 Å². The highest BCUT2D eigenvalue weighted by Gasteiger charge is 2.31. The zero-order valence-electron chi connectivity index (χ0n) is 15.0. The van der Waals surface area contributed by atoms with Gasteiger partial charge in [-0.2, -0.15) is 0 Å². The van der Waals surface area contributed by atoms with Crippen molar-refractivity contribution in [2.75, 3.05) is 11.9 Å². The summed E-state index contributed by atoms with van der Waals surface area (Å²) >= 11 is 8.87. The van der Waals surface area contributed by atoms with Gasteiger partial charge in [0, 0.05) is 10.2 Å². The number of thiocarbonyl (C=S) groups is 1. The first-order valence-corrected chi connectivity index (χ1v) is 9.77. The van der Waals surface area contributed by atoms with Gasteiger partial charge in [-0.3, -0.25) is 4.79 Å². The number of halogens is 1. The Morgan fingerprint density at radius 2 is 1.93 bits per heavy atom. The minimum Gasteiger partial charge on any atom is -0.492 e. The van der Waals surface area contributed by atoms with E-state index in [-0.39, 0.29) is 11.9 Å². The summed E-state index contributed by atoms with van der Waals surface area (Å²) in [4.78, 5) is 13.2. The minimum atomic E-state index is -0.367. The molecule has 0 fully saturated rings. The number of para-hydroxylation sites is 2. The molecule has 7 heteroatoms. The molecule has 2 aromatic carbocycles. The zero-order valence-corrected chi connectivity index (χ0v) is 17.4. The standard InChI is InChI=1S/C20H20BrN3O2S/c1-3-26-16-11-7-6-10-15(16)23-19(25)17-12(2)22-20(27)24-18(17)13-8-4-5-9-14(13)21/h4-11,18H,3H2,1-2H3,(H,23,25)(H2,22,24,27). The summed E-state index contributed by atoms with van der Waals surface area (Å²) in [5.41, 5.74) is 2.85. The van der Waals surface area contributed by atoms with Crippen LogP contribution in [0.2, 0.25) is 0 Å². The summed E-state index contributed by atoms with van der Waals surface area (Å²) in [6.45, 7) is 4.27. The number of anilines is 1. The first kappa shape index (κ1) is 19.4. The number of carbonyl (C=O) groups excluding carboxylic acids is 1. The lowest BCUT2D eigenvalue weighted by molar-refractivity contribution is -0.113. The van der Waals surface area contributed by atoms with Gasteiger partial charge in [0.05, 0.1) is 23.9 Å². The summed E-state index contributed by atoms with van der Waals surface area (Å²) in [6, 6.07) is 14.8. The molecule has 0 radical (unpaired) electrons. The number of amides is 1. The Morgan fingerprint density at radius 3 is 2.67 bits per heavy atom. The summed E-state index contributed by atoms with van der Waals surface area (Å²) in [5.74, 6) is 0.416. The van der Waals surface area contributed by atoms with E-state index in [0.717, 1.165) is 10.0 Å². The van der Waals surface area contributed by atoms with Gasteiger partial charge in [0.2, 0.25) is 0 Å². The van der Waals surface area contributed by atoms with Crippen molar-refractivity contribution in [2.24, 2.45) is 0 Å². The SMILES string of the molecule is CCOc1ccccc1NC(=O)C1=C(C)NC(=S)NC1c1ccccc1Br. The first-order chi connectivity index (χ1) is 13.0. The van der Waals surface area contributed by atoms with Crippen molar-refractivity contribution in [1.29, 1.82) is 0 Å². The van der Waals surface area contributed by atoms with E-state index in [1.807, 2.05) is 62.4 Å². The van der Waals surface area contributed by atoms with Crippen LogP contribution in [0.3, 0.4) is 0 Å². The Labute approximate surface area is 172 Å². The fourth-order valence-corrected chi connectivity index (χ4v) is 3.76. The quantitative estimate of drug-likeness (QED) is 0.599. The van der Waals surface area contributed by atoms with Gasteiger partial charge in [0.1, 0.15) is 5.75 Å². The van der Waals surface area contributed by atoms with Crippen LogP contribution < -0.4 is 20.7 Å². The largest absolute Gasteiger partial charge is 0.492 e. The number of ether oxygens (including phenoxy) is 1. The summed E-state index contributed by atoms with van der Waals surface area (Å²) in [5, 5.41) is 9.70. The number of rotatable bonds is 5. The van der Waals surface area contributed by atoms with Crippen molar-refractivity contribution in [1.82, 2.24) is 10.6 Å². The van der Waals surface area contributed by atoms with Crippen LogP contribution in [-0.4, -0.2) is 17.6 Å². The monoisotopic (exact) mass is 445 g/mol. The second-order valence-corrected chi connectivity index (χ2v) is 7.24. The molecule has 2 aromatic rings. The molecule has 1 aliphatic rings. The second-order valence-electron chi connectivity index (χ2n) is 5.97. The Hall–Kier alpha value is -2.38. The fraction of sp³-hybridized carbons (Fsp3) is 0.200. The maximum atomic E-state index is 13.2. The molecule has 5 nitrogen and oxygen atoms in total. The molecule has 0 saturated carbocycles. The van der Waals surface area contributed by atoms with E-state index in [1.165, 1.54) is 0 Å². The molecule has 1 heterocycles. The van der Waals surface area contributed by atoms with Crippen LogP contribution in [0.4, 0.5) is 5.69 Å². The zero-order chi connectivity index (χ0) is 19.4. The van der Waals surface area contributed by atoms with Gasteiger partial charge in [-0.05, 0) is 49.8 Å². The average Bonchev–Trinajstić information content (AvgIpc) is 2.63. The lowest BCUT2D eigenvalue weighted by atomic mass is 9.95. The molecule has 0 bridgehead atoms. The number of allylic oxidation sites excluding steroid dienone is 1. The molecule has 0 aromatic heterocycles. The van der Waals surface area contributed by atoms with Gasteiger partial charge < -0.3 is 20.7 Å². The summed E-state index contributed by atoms with van der Waals surface area (Å²) in [6.07, 6.45) is 0. The number of nitrogens with one attached hydrogen (secondary N) is 3. The van der Waals surface area contributed by atoms with E-state index in [2.05, 4.69) is 31.9 Å². The summed E-state index contributed by atoms with van der Waals surface area (Å²) < 4.78 is 6.51. The van der Waals surface area contributed by atoms with E-state index in [9.17, 15) is 4.79 Å². The highest BCUT2D eigenvalue weighted by Crippen LogP contribution is 2.33. The lowest BCUT2D eigenvalue weighted by Gasteiger charge is -2.31. The van der Waals surface area contributed by atoms with Gasteiger partial charge in [-0.1, -0.05) is 46.3 Å². The van der Waals surface area contributed by atoms with Crippen LogP contribution >= 0.6 is 28.1 Å². The summed E-state index contributed by atoms with van der Waals surface area (Å²) in [7, 11) is 0. The Kier molecular flexibility index (Phi) is 6.13. The van der Waals surface area contributed by atoms with Crippen molar-refractivity contribution in [2.45, 2.75) is 19.9 Å². The van der Waals surface area contributed by atoms with Gasteiger partial charge >= 0.3 is 0 Å². The van der Waals surface area contributed by atoms with E-state index in [0.29, 0.717) is 34.4 Å². The first-order valence-electron chi connectivity index (χ1n) is 8.57. The molecule has 1 atom stereocenters. The van der Waals surface area contributed by atoms with E-state index >= 15 is 0 Å². The third kappa shape index (κ3) is 4.31. The molecule has 0 spiro atoms. The van der Waals surface area contributed by atoms with Crippen molar-refractivity contribution in [3.05, 3.63) is 69.8 Å². The maximum Gasteiger partial charge on any atom is 0.255 e. The number of hydrogen-bond donors (Lipinski definition) is 3. The molecule has 1 amide bonds. The Bertz CT molecular complexity index is 914. The highest BCUT2D eigenvalue weighted by molar-refractivity contribution is 9.10. The van der Waals surface area contributed by atoms with E-state index in [4.69, 9.17) is 17.0 Å². The molecule has 3 rings (SSSR count). The Morgan fingerprint density at radius 1 is 1.22 bits per heavy atom. The highest BCUT2D eigenvalue weighted by atomic mass is 79.9. The number of hydrogen-bond acceptors (Lipinski definition) is 3. The molecule has 140 valence electrons. The van der Waals surface area contributed by atoms with Crippen LogP contribution in [0.1, 0.15) is 25.5 Å². The van der Waals surface area contributed by atoms with Gasteiger partial charge in [0.25, 0.3) is 5.91 Å². The predicted octanol–water partition coefficient (Wildman–Crippen LogP) is 4.28. The Balaban J connectivity index is 1.97. The average molecular weight is 446 g/mol.